The lowest BCUT2D eigenvalue weighted by Crippen LogP contribution is -1.95. The molecule has 0 amide bonds. The van der Waals surface area contributed by atoms with Crippen LogP contribution in [0.1, 0.15) is 41.5 Å². The summed E-state index contributed by atoms with van der Waals surface area (Å²) in [6.45, 7) is 11.0. The van der Waals surface area contributed by atoms with Gasteiger partial charge < -0.3 is 14.2 Å². The van der Waals surface area contributed by atoms with Crippen molar-refractivity contribution in [1.29, 1.82) is 0 Å². The Hall–Kier alpha value is -0.150. The van der Waals surface area contributed by atoms with E-state index in [0.29, 0.717) is 19.8 Å². The maximum absolute atomic E-state index is 9.82. The molecule has 0 saturated heterocycles. The van der Waals surface area contributed by atoms with Crippen molar-refractivity contribution >= 4 is 68.9 Å². The van der Waals surface area contributed by atoms with E-state index in [1.807, 2.05) is 0 Å². The van der Waals surface area contributed by atoms with Crippen molar-refractivity contribution in [2.75, 3.05) is 19.8 Å². The molecular formula is C12H27Br3O6. The van der Waals surface area contributed by atoms with Gasteiger partial charge in [-0.1, -0.05) is 0 Å². The van der Waals surface area contributed by atoms with Gasteiger partial charge in [0.15, 0.2) is 0 Å². The van der Waals surface area contributed by atoms with Crippen LogP contribution >= 0.6 is 50.9 Å². The molecular weight excluding hydrogens is 480 g/mol. The van der Waals surface area contributed by atoms with Gasteiger partial charge >= 0.3 is 17.9 Å². The number of carbonyl (C=O) groups excluding carboxylic acids is 3. The highest BCUT2D eigenvalue weighted by Gasteiger charge is 1.82. The summed E-state index contributed by atoms with van der Waals surface area (Å²) in [7, 11) is 0. The summed E-state index contributed by atoms with van der Waals surface area (Å²) in [6.07, 6.45) is 0. The van der Waals surface area contributed by atoms with Crippen LogP contribution in [0.3, 0.4) is 0 Å². The van der Waals surface area contributed by atoms with Crippen LogP contribution in [0.25, 0.3) is 0 Å². The van der Waals surface area contributed by atoms with Gasteiger partial charge in [-0.25, -0.2) is 0 Å². The van der Waals surface area contributed by atoms with E-state index in [-0.39, 0.29) is 68.9 Å². The summed E-state index contributed by atoms with van der Waals surface area (Å²) in [5.41, 5.74) is 0. The first-order valence-electron chi connectivity index (χ1n) is 5.71. The van der Waals surface area contributed by atoms with Crippen LogP contribution in [-0.2, 0) is 28.6 Å². The molecule has 0 aromatic rings. The van der Waals surface area contributed by atoms with E-state index in [9.17, 15) is 14.4 Å². The van der Waals surface area contributed by atoms with E-state index >= 15 is 0 Å². The van der Waals surface area contributed by atoms with Crippen LogP contribution in [0, 0.1) is 0 Å². The maximum Gasteiger partial charge on any atom is 0.302 e. The van der Waals surface area contributed by atoms with Crippen molar-refractivity contribution in [2.24, 2.45) is 0 Å². The fraction of sp³-hybridized carbons (Fsp3) is 0.750. The number of esters is 3. The zero-order valence-corrected chi connectivity index (χ0v) is 18.4. The number of hydrogen-bond donors (Lipinski definition) is 0. The van der Waals surface area contributed by atoms with Crippen LogP contribution in [0.4, 0.5) is 0 Å². The average molecular weight is 507 g/mol. The predicted molar refractivity (Wildman–Crippen MR) is 97.9 cm³/mol. The normalized spacial score (nSPS) is 6.57. The topological polar surface area (TPSA) is 78.9 Å². The zero-order valence-electron chi connectivity index (χ0n) is 13.3. The number of rotatable bonds is 3. The number of carbonyl (C=O) groups is 3. The summed E-state index contributed by atoms with van der Waals surface area (Å²) in [4.78, 5) is 29.5. The largest absolute Gasteiger partial charge is 0.466 e. The highest BCUT2D eigenvalue weighted by molar-refractivity contribution is 8.93. The van der Waals surface area contributed by atoms with Crippen molar-refractivity contribution in [3.05, 3.63) is 0 Å². The van der Waals surface area contributed by atoms with Crippen molar-refractivity contribution in [1.82, 2.24) is 0 Å². The third-order valence-corrected chi connectivity index (χ3v) is 1.04. The molecule has 0 aromatic heterocycles. The van der Waals surface area contributed by atoms with E-state index < -0.39 is 0 Å². The lowest BCUT2D eigenvalue weighted by Gasteiger charge is -1.89. The Morgan fingerprint density at radius 3 is 0.714 bits per heavy atom. The van der Waals surface area contributed by atoms with E-state index in [4.69, 9.17) is 0 Å². The van der Waals surface area contributed by atoms with Gasteiger partial charge in [-0.2, -0.15) is 0 Å². The molecule has 21 heavy (non-hydrogen) atoms. The molecule has 0 bridgehead atoms. The molecule has 0 fully saturated rings. The minimum atomic E-state index is -0.211. The molecule has 0 spiro atoms. The molecule has 0 aliphatic rings. The Bertz CT molecular complexity index is 199. The Kier molecular flexibility index (Phi) is 56.7. The summed E-state index contributed by atoms with van der Waals surface area (Å²) >= 11 is 0. The quantitative estimate of drug-likeness (QED) is 0.431. The van der Waals surface area contributed by atoms with E-state index in [2.05, 4.69) is 14.2 Å². The standard InChI is InChI=1S/3C4H8O2.3BrH/c3*1-3-6-4(2)5;;;/h3*3H2,1-2H3;3*1H. The molecule has 0 aliphatic heterocycles. The number of halogens is 3. The molecule has 0 N–H and O–H groups in total. The van der Waals surface area contributed by atoms with Crippen molar-refractivity contribution in [3.8, 4) is 0 Å². The smallest absolute Gasteiger partial charge is 0.302 e. The van der Waals surface area contributed by atoms with Gasteiger partial charge in [0, 0.05) is 20.8 Å². The first kappa shape index (κ1) is 37.3. The lowest BCUT2D eigenvalue weighted by atomic mass is 10.8. The summed E-state index contributed by atoms with van der Waals surface area (Å²) in [5.74, 6) is -0.632. The molecule has 0 saturated carbocycles. The fourth-order valence-corrected chi connectivity index (χ4v) is 0.610. The number of ether oxygens (including phenoxy) is 3. The van der Waals surface area contributed by atoms with Crippen LogP contribution in [0.15, 0.2) is 0 Å². The molecule has 132 valence electrons. The van der Waals surface area contributed by atoms with Crippen LogP contribution in [0.5, 0.6) is 0 Å². The van der Waals surface area contributed by atoms with E-state index in [1.54, 1.807) is 20.8 Å². The molecule has 0 aliphatic carbocycles. The lowest BCUT2D eigenvalue weighted by molar-refractivity contribution is -0.141. The van der Waals surface area contributed by atoms with Crippen molar-refractivity contribution in [3.63, 3.8) is 0 Å². The van der Waals surface area contributed by atoms with Crippen LogP contribution < -0.4 is 0 Å². The second kappa shape index (κ2) is 32.0. The Labute approximate surface area is 158 Å². The summed E-state index contributed by atoms with van der Waals surface area (Å²) in [5, 5.41) is 0. The molecule has 0 aromatic carbocycles. The van der Waals surface area contributed by atoms with Gasteiger partial charge in [0.2, 0.25) is 0 Å². The summed E-state index contributed by atoms with van der Waals surface area (Å²) in [6, 6.07) is 0. The monoisotopic (exact) mass is 504 g/mol. The summed E-state index contributed by atoms with van der Waals surface area (Å²) < 4.78 is 13.2. The number of hydrogen-bond acceptors (Lipinski definition) is 6. The van der Waals surface area contributed by atoms with Gasteiger partial charge in [0.05, 0.1) is 19.8 Å². The fourth-order valence-electron chi connectivity index (χ4n) is 0.610. The first-order valence-corrected chi connectivity index (χ1v) is 5.71. The second-order valence-corrected chi connectivity index (χ2v) is 2.77. The van der Waals surface area contributed by atoms with E-state index in [0.717, 1.165) is 0 Å². The molecule has 0 unspecified atom stereocenters. The van der Waals surface area contributed by atoms with Crippen LogP contribution in [-0.4, -0.2) is 37.7 Å². The Morgan fingerprint density at radius 1 is 0.571 bits per heavy atom. The first-order chi connectivity index (χ1) is 8.31. The van der Waals surface area contributed by atoms with Crippen molar-refractivity contribution < 1.29 is 28.6 Å². The third-order valence-electron chi connectivity index (χ3n) is 1.04. The molecule has 0 radical (unpaired) electrons. The minimum Gasteiger partial charge on any atom is -0.466 e. The Balaban J connectivity index is -0.0000000375. The average Bonchev–Trinajstić information content (AvgIpc) is 2.18. The van der Waals surface area contributed by atoms with Gasteiger partial charge in [0.25, 0.3) is 0 Å². The van der Waals surface area contributed by atoms with Crippen molar-refractivity contribution in [2.45, 2.75) is 41.5 Å². The van der Waals surface area contributed by atoms with Gasteiger partial charge in [-0.15, -0.1) is 50.9 Å². The molecule has 9 heteroatoms. The third kappa shape index (κ3) is 80.8. The van der Waals surface area contributed by atoms with Gasteiger partial charge in [-0.3, -0.25) is 14.4 Å². The molecule has 6 nitrogen and oxygen atoms in total. The highest BCUT2D eigenvalue weighted by atomic mass is 79.9. The maximum atomic E-state index is 9.82. The molecule has 0 atom stereocenters. The zero-order chi connectivity index (χ0) is 15.0. The predicted octanol–water partition coefficient (Wildman–Crippen LogP) is 3.44. The SMILES string of the molecule is Br.Br.Br.CCOC(C)=O.CCOC(C)=O.CCOC(C)=O. The van der Waals surface area contributed by atoms with Crippen LogP contribution in [0.2, 0.25) is 0 Å². The van der Waals surface area contributed by atoms with Gasteiger partial charge in [0.1, 0.15) is 0 Å². The van der Waals surface area contributed by atoms with Gasteiger partial charge in [-0.05, 0) is 20.8 Å². The highest BCUT2D eigenvalue weighted by Crippen LogP contribution is 1.70. The van der Waals surface area contributed by atoms with E-state index in [1.165, 1.54) is 20.8 Å². The second-order valence-electron chi connectivity index (χ2n) is 2.77. The molecule has 0 heterocycles. The molecule has 0 rings (SSSR count). The minimum absolute atomic E-state index is 0. The Morgan fingerprint density at radius 2 is 0.714 bits per heavy atom.